The Kier molecular flexibility index (Phi) is 6.46. The van der Waals surface area contributed by atoms with Crippen LogP contribution in [-0.4, -0.2) is 37.2 Å². The fourth-order valence-electron chi connectivity index (χ4n) is 2.74. The van der Waals surface area contributed by atoms with Gasteiger partial charge in [-0.05, 0) is 31.6 Å². The largest absolute Gasteiger partial charge is 0.481 e. The molecular weight excluding hydrogens is 258 g/mol. The lowest BCUT2D eigenvalue weighted by atomic mass is 9.66. The molecule has 2 N–H and O–H groups in total. The summed E-state index contributed by atoms with van der Waals surface area (Å²) in [4.78, 5) is 23.5. The van der Waals surface area contributed by atoms with Gasteiger partial charge in [-0.3, -0.25) is 9.59 Å². The highest BCUT2D eigenvalue weighted by Gasteiger charge is 2.43. The van der Waals surface area contributed by atoms with Gasteiger partial charge in [0.15, 0.2) is 0 Å². The quantitative estimate of drug-likeness (QED) is 0.680. The van der Waals surface area contributed by atoms with E-state index in [0.29, 0.717) is 18.9 Å². The van der Waals surface area contributed by atoms with E-state index in [2.05, 4.69) is 5.32 Å². The summed E-state index contributed by atoms with van der Waals surface area (Å²) >= 11 is 0. The number of hydrogen-bond acceptors (Lipinski definition) is 3. The van der Waals surface area contributed by atoms with Crippen LogP contribution in [0.25, 0.3) is 0 Å². The number of carboxylic acids is 1. The van der Waals surface area contributed by atoms with Gasteiger partial charge in [-0.2, -0.15) is 0 Å². The van der Waals surface area contributed by atoms with Gasteiger partial charge < -0.3 is 15.2 Å². The molecular formula is C15H27NO4. The first kappa shape index (κ1) is 17.0. The maximum absolute atomic E-state index is 12.3. The molecule has 1 saturated carbocycles. The van der Waals surface area contributed by atoms with Crippen LogP contribution in [0.4, 0.5) is 0 Å². The highest BCUT2D eigenvalue weighted by atomic mass is 16.5. The van der Waals surface area contributed by atoms with E-state index in [4.69, 9.17) is 4.74 Å². The molecule has 5 heteroatoms. The lowest BCUT2D eigenvalue weighted by Crippen LogP contribution is -2.48. The summed E-state index contributed by atoms with van der Waals surface area (Å²) in [6.07, 6.45) is 4.12. The third-order valence-electron chi connectivity index (χ3n) is 4.19. The molecule has 1 aliphatic rings. The number of nitrogens with one attached hydrogen (secondary N) is 1. The second-order valence-corrected chi connectivity index (χ2v) is 6.25. The molecule has 0 saturated heterocycles. The average molecular weight is 285 g/mol. The molecule has 1 aliphatic carbocycles. The van der Waals surface area contributed by atoms with Crippen molar-refractivity contribution in [3.05, 3.63) is 0 Å². The molecule has 1 unspecified atom stereocenters. The van der Waals surface area contributed by atoms with E-state index in [1.54, 1.807) is 7.11 Å². The third kappa shape index (κ3) is 4.47. The van der Waals surface area contributed by atoms with Gasteiger partial charge in [0.2, 0.25) is 5.91 Å². The minimum Gasteiger partial charge on any atom is -0.481 e. The van der Waals surface area contributed by atoms with Gasteiger partial charge in [0, 0.05) is 20.3 Å². The Balaban J connectivity index is 2.49. The van der Waals surface area contributed by atoms with Crippen LogP contribution in [0.15, 0.2) is 0 Å². The minimum absolute atomic E-state index is 0.00388. The number of rotatable bonds is 9. The molecule has 0 spiro atoms. The van der Waals surface area contributed by atoms with Crippen molar-refractivity contribution in [3.63, 3.8) is 0 Å². The molecule has 0 aromatic rings. The van der Waals surface area contributed by atoms with Crippen molar-refractivity contribution in [2.75, 3.05) is 20.3 Å². The van der Waals surface area contributed by atoms with Crippen molar-refractivity contribution in [1.29, 1.82) is 0 Å². The van der Waals surface area contributed by atoms with Crippen LogP contribution in [0.2, 0.25) is 0 Å². The molecule has 1 fully saturated rings. The lowest BCUT2D eigenvalue weighted by Gasteiger charge is -2.40. The van der Waals surface area contributed by atoms with E-state index in [-0.39, 0.29) is 17.9 Å². The van der Waals surface area contributed by atoms with Gasteiger partial charge in [-0.25, -0.2) is 0 Å². The third-order valence-corrected chi connectivity index (χ3v) is 4.19. The van der Waals surface area contributed by atoms with Gasteiger partial charge in [0.25, 0.3) is 0 Å². The predicted molar refractivity (Wildman–Crippen MR) is 76.4 cm³/mol. The van der Waals surface area contributed by atoms with Crippen LogP contribution in [0.1, 0.15) is 46.0 Å². The second kappa shape index (κ2) is 7.62. The van der Waals surface area contributed by atoms with Gasteiger partial charge >= 0.3 is 5.97 Å². The van der Waals surface area contributed by atoms with Gasteiger partial charge in [-0.15, -0.1) is 0 Å². The van der Waals surface area contributed by atoms with Crippen LogP contribution in [-0.2, 0) is 14.3 Å². The number of carbonyl (C=O) groups excluding carboxylic acids is 1. The molecule has 0 aliphatic heterocycles. The van der Waals surface area contributed by atoms with Crippen LogP contribution >= 0.6 is 0 Å². The van der Waals surface area contributed by atoms with Crippen LogP contribution in [0.3, 0.4) is 0 Å². The smallest absolute Gasteiger partial charge is 0.308 e. The zero-order chi connectivity index (χ0) is 15.2. The van der Waals surface area contributed by atoms with E-state index in [1.165, 1.54) is 0 Å². The number of amides is 1. The van der Waals surface area contributed by atoms with Crippen molar-refractivity contribution in [2.24, 2.45) is 17.3 Å². The molecule has 0 aromatic heterocycles. The molecule has 1 rings (SSSR count). The van der Waals surface area contributed by atoms with Gasteiger partial charge in [0.1, 0.15) is 0 Å². The van der Waals surface area contributed by atoms with Crippen LogP contribution < -0.4 is 5.32 Å². The van der Waals surface area contributed by atoms with Crippen molar-refractivity contribution in [2.45, 2.75) is 46.0 Å². The fourth-order valence-corrected chi connectivity index (χ4v) is 2.74. The molecule has 0 heterocycles. The number of aliphatic carboxylic acids is 1. The average Bonchev–Trinajstić information content (AvgIpc) is 2.32. The van der Waals surface area contributed by atoms with E-state index >= 15 is 0 Å². The molecule has 20 heavy (non-hydrogen) atoms. The Bertz CT molecular complexity index is 337. The fraction of sp³-hybridized carbons (Fsp3) is 0.867. The van der Waals surface area contributed by atoms with Gasteiger partial charge in [0.05, 0.1) is 11.3 Å². The second-order valence-electron chi connectivity index (χ2n) is 6.25. The zero-order valence-corrected chi connectivity index (χ0v) is 12.8. The normalized spacial score (nSPS) is 18.4. The summed E-state index contributed by atoms with van der Waals surface area (Å²) in [5.41, 5.74) is -0.323. The topological polar surface area (TPSA) is 75.6 Å². The zero-order valence-electron chi connectivity index (χ0n) is 12.8. The number of methoxy groups -OCH3 is 1. The summed E-state index contributed by atoms with van der Waals surface area (Å²) in [5, 5.41) is 12.0. The molecule has 0 aromatic carbocycles. The Morgan fingerprint density at radius 2 is 2.00 bits per heavy atom. The Morgan fingerprint density at radius 1 is 1.35 bits per heavy atom. The lowest BCUT2D eigenvalue weighted by molar-refractivity contribution is -0.143. The molecule has 116 valence electrons. The Labute approximate surface area is 121 Å². The molecule has 0 radical (unpaired) electrons. The molecule has 1 amide bonds. The van der Waals surface area contributed by atoms with Crippen molar-refractivity contribution in [1.82, 2.24) is 5.32 Å². The summed E-state index contributed by atoms with van der Waals surface area (Å²) in [6, 6.07) is 0. The summed E-state index contributed by atoms with van der Waals surface area (Å²) in [6.45, 7) is 4.77. The van der Waals surface area contributed by atoms with Crippen molar-refractivity contribution in [3.8, 4) is 0 Å². The number of hydrogen-bond donors (Lipinski definition) is 2. The highest BCUT2D eigenvalue weighted by Crippen LogP contribution is 2.44. The van der Waals surface area contributed by atoms with Crippen LogP contribution in [0.5, 0.6) is 0 Å². The summed E-state index contributed by atoms with van der Waals surface area (Å²) in [5.74, 6) is -1.04. The number of carbonyl (C=O) groups is 2. The SMILES string of the molecule is COCCC1(C(=O)NCC(CC(C)C)C(=O)O)CCC1. The first-order valence-corrected chi connectivity index (χ1v) is 7.41. The van der Waals surface area contributed by atoms with Crippen molar-refractivity contribution >= 4 is 11.9 Å². The molecule has 5 nitrogen and oxygen atoms in total. The highest BCUT2D eigenvalue weighted by molar-refractivity contribution is 5.84. The standard InChI is InChI=1S/C15H27NO4/c1-11(2)9-12(13(17)18)10-16-14(19)15(5-4-6-15)7-8-20-3/h11-12H,4-10H2,1-3H3,(H,16,19)(H,17,18). The monoisotopic (exact) mass is 285 g/mol. The van der Waals surface area contributed by atoms with Gasteiger partial charge in [-0.1, -0.05) is 20.3 Å². The Hall–Kier alpha value is -1.10. The van der Waals surface area contributed by atoms with E-state index in [0.717, 1.165) is 25.7 Å². The molecule has 0 bridgehead atoms. The first-order valence-electron chi connectivity index (χ1n) is 7.41. The number of ether oxygens (including phenoxy) is 1. The minimum atomic E-state index is -0.835. The predicted octanol–water partition coefficient (Wildman–Crippen LogP) is 2.06. The number of carboxylic acid groups (broad SMARTS) is 1. The maximum Gasteiger partial charge on any atom is 0.308 e. The van der Waals surface area contributed by atoms with Crippen LogP contribution in [0, 0.1) is 17.3 Å². The van der Waals surface area contributed by atoms with E-state index < -0.39 is 11.9 Å². The van der Waals surface area contributed by atoms with Crippen molar-refractivity contribution < 1.29 is 19.4 Å². The summed E-state index contributed by atoms with van der Waals surface area (Å²) < 4.78 is 5.07. The van der Waals surface area contributed by atoms with E-state index in [1.807, 2.05) is 13.8 Å². The Morgan fingerprint density at radius 3 is 2.40 bits per heavy atom. The maximum atomic E-state index is 12.3. The van der Waals surface area contributed by atoms with E-state index in [9.17, 15) is 14.7 Å². The first-order chi connectivity index (χ1) is 9.41. The summed E-state index contributed by atoms with van der Waals surface area (Å²) in [7, 11) is 1.63. The molecule has 1 atom stereocenters.